The number of aryl methyl sites for hydroxylation is 1. The van der Waals surface area contributed by atoms with Gasteiger partial charge >= 0.3 is 0 Å². The molecule has 0 atom stereocenters. The Hall–Kier alpha value is -1.99. The second-order valence-electron chi connectivity index (χ2n) is 7.19. The molecule has 156 valence electrons. The summed E-state index contributed by atoms with van der Waals surface area (Å²) >= 11 is 9.65. The van der Waals surface area contributed by atoms with E-state index in [1.165, 1.54) is 16.9 Å². The number of anilines is 1. The molecule has 2 aromatic heterocycles. The fourth-order valence-corrected chi connectivity index (χ4v) is 6.02. The predicted molar refractivity (Wildman–Crippen MR) is 131 cm³/mol. The van der Waals surface area contributed by atoms with E-state index in [2.05, 4.69) is 37.8 Å². The molecule has 0 unspecified atom stereocenters. The van der Waals surface area contributed by atoms with Crippen LogP contribution in [0.4, 0.5) is 5.13 Å². The Balaban J connectivity index is 1.74. The zero-order valence-electron chi connectivity index (χ0n) is 17.3. The smallest absolute Gasteiger partial charge is 0.271 e. The van der Waals surface area contributed by atoms with Crippen molar-refractivity contribution in [2.45, 2.75) is 20.8 Å². The first-order valence-electron chi connectivity index (χ1n) is 10.1. The van der Waals surface area contributed by atoms with E-state index in [0.29, 0.717) is 16.4 Å². The van der Waals surface area contributed by atoms with Crippen LogP contribution in [0.1, 0.15) is 29.1 Å². The zero-order chi connectivity index (χ0) is 21.3. The molecular formula is C23H24ClN3OS2. The second kappa shape index (κ2) is 9.02. The third-order valence-corrected chi connectivity index (χ3v) is 7.98. The van der Waals surface area contributed by atoms with Crippen molar-refractivity contribution in [1.82, 2.24) is 9.88 Å². The molecule has 4 aromatic rings. The first-order valence-corrected chi connectivity index (χ1v) is 12.1. The molecule has 1 amide bonds. The number of thiophene rings is 1. The molecule has 0 saturated heterocycles. The van der Waals surface area contributed by atoms with Crippen molar-refractivity contribution in [2.24, 2.45) is 0 Å². The molecule has 2 heterocycles. The van der Waals surface area contributed by atoms with E-state index in [4.69, 9.17) is 16.6 Å². The topological polar surface area (TPSA) is 36.4 Å². The average molecular weight is 458 g/mol. The first-order chi connectivity index (χ1) is 14.5. The summed E-state index contributed by atoms with van der Waals surface area (Å²) < 4.78 is 2.11. The SMILES string of the molecule is CCN(CC)CCN(C(=O)c1sc2ccccc2c1Cl)c1nc2ccc(C)cc2s1. The number of nitrogens with zero attached hydrogens (tertiary/aromatic N) is 3. The lowest BCUT2D eigenvalue weighted by Crippen LogP contribution is -2.38. The van der Waals surface area contributed by atoms with E-state index in [9.17, 15) is 4.79 Å². The molecule has 0 aliphatic heterocycles. The van der Waals surface area contributed by atoms with Crippen LogP contribution in [0.25, 0.3) is 20.3 Å². The number of hydrogen-bond acceptors (Lipinski definition) is 5. The predicted octanol–water partition coefficient (Wildman–Crippen LogP) is 6.46. The van der Waals surface area contributed by atoms with Gasteiger partial charge in [0.25, 0.3) is 5.91 Å². The maximum atomic E-state index is 13.7. The summed E-state index contributed by atoms with van der Waals surface area (Å²) in [6, 6.07) is 14.1. The average Bonchev–Trinajstić information content (AvgIpc) is 3.32. The molecule has 0 aliphatic rings. The zero-order valence-corrected chi connectivity index (χ0v) is 19.7. The highest BCUT2D eigenvalue weighted by molar-refractivity contribution is 7.23. The van der Waals surface area contributed by atoms with Gasteiger partial charge in [-0.25, -0.2) is 4.98 Å². The van der Waals surface area contributed by atoms with E-state index in [-0.39, 0.29) is 5.91 Å². The maximum absolute atomic E-state index is 13.7. The van der Waals surface area contributed by atoms with E-state index in [0.717, 1.165) is 45.1 Å². The lowest BCUT2D eigenvalue weighted by Gasteiger charge is -2.24. The minimum atomic E-state index is -0.0795. The van der Waals surface area contributed by atoms with Gasteiger partial charge in [0.15, 0.2) is 5.13 Å². The van der Waals surface area contributed by atoms with E-state index in [1.807, 2.05) is 30.3 Å². The molecule has 0 radical (unpaired) electrons. The van der Waals surface area contributed by atoms with Crippen LogP contribution in [0.15, 0.2) is 42.5 Å². The monoisotopic (exact) mass is 457 g/mol. The maximum Gasteiger partial charge on any atom is 0.271 e. The number of rotatable bonds is 7. The number of thiazole rings is 1. The molecule has 7 heteroatoms. The van der Waals surface area contributed by atoms with Crippen molar-refractivity contribution in [3.8, 4) is 0 Å². The molecule has 0 N–H and O–H groups in total. The van der Waals surface area contributed by atoms with Crippen LogP contribution in [-0.2, 0) is 0 Å². The number of aromatic nitrogens is 1. The summed E-state index contributed by atoms with van der Waals surface area (Å²) in [6.45, 7) is 9.60. The third-order valence-electron chi connectivity index (χ3n) is 5.27. The van der Waals surface area contributed by atoms with Gasteiger partial charge in [-0.1, -0.05) is 61.1 Å². The van der Waals surface area contributed by atoms with Crippen LogP contribution in [0, 0.1) is 6.92 Å². The number of halogens is 1. The minimum Gasteiger partial charge on any atom is -0.302 e. The van der Waals surface area contributed by atoms with Gasteiger partial charge in [-0.2, -0.15) is 0 Å². The Kier molecular flexibility index (Phi) is 6.39. The Bertz CT molecular complexity index is 1200. The Labute approximate surface area is 189 Å². The van der Waals surface area contributed by atoms with Crippen molar-refractivity contribution >= 4 is 65.6 Å². The molecule has 2 aromatic carbocycles. The van der Waals surface area contributed by atoms with E-state index < -0.39 is 0 Å². The van der Waals surface area contributed by atoms with Crippen molar-refractivity contribution < 1.29 is 4.79 Å². The van der Waals surface area contributed by atoms with Gasteiger partial charge < -0.3 is 4.90 Å². The summed E-state index contributed by atoms with van der Waals surface area (Å²) in [5, 5.41) is 2.18. The number of amides is 1. The lowest BCUT2D eigenvalue weighted by molar-refractivity contribution is 0.0988. The number of benzene rings is 2. The number of carbonyl (C=O) groups is 1. The molecule has 0 saturated carbocycles. The second-order valence-corrected chi connectivity index (χ2v) is 9.63. The van der Waals surface area contributed by atoms with Gasteiger partial charge in [-0.15, -0.1) is 11.3 Å². The van der Waals surface area contributed by atoms with E-state index in [1.54, 1.807) is 16.2 Å². The summed E-state index contributed by atoms with van der Waals surface area (Å²) in [5.41, 5.74) is 2.11. The first kappa shape index (κ1) is 21.2. The van der Waals surface area contributed by atoms with Crippen LogP contribution in [0.2, 0.25) is 5.02 Å². The highest BCUT2D eigenvalue weighted by atomic mass is 35.5. The van der Waals surface area contributed by atoms with Gasteiger partial charge in [-0.05, 0) is 43.8 Å². The summed E-state index contributed by atoms with van der Waals surface area (Å²) in [4.78, 5) is 23.1. The van der Waals surface area contributed by atoms with Crippen molar-refractivity contribution in [2.75, 3.05) is 31.1 Å². The number of fused-ring (bicyclic) bond motifs is 2. The highest BCUT2D eigenvalue weighted by Gasteiger charge is 2.26. The molecular weight excluding hydrogens is 434 g/mol. The fraction of sp³-hybridized carbons (Fsp3) is 0.304. The summed E-state index contributed by atoms with van der Waals surface area (Å²) in [5.74, 6) is -0.0795. The molecule has 4 nitrogen and oxygen atoms in total. The highest BCUT2D eigenvalue weighted by Crippen LogP contribution is 2.38. The van der Waals surface area contributed by atoms with Crippen LogP contribution in [-0.4, -0.2) is 42.0 Å². The fourth-order valence-electron chi connectivity index (χ4n) is 3.47. The molecule has 0 aliphatic carbocycles. The van der Waals surface area contributed by atoms with Gasteiger partial charge in [0.05, 0.1) is 15.2 Å². The van der Waals surface area contributed by atoms with E-state index >= 15 is 0 Å². The van der Waals surface area contributed by atoms with Crippen molar-refractivity contribution in [3.63, 3.8) is 0 Å². The molecule has 0 fully saturated rings. The van der Waals surface area contributed by atoms with Crippen LogP contribution in [0.3, 0.4) is 0 Å². The Morgan fingerprint density at radius 3 is 2.53 bits per heavy atom. The largest absolute Gasteiger partial charge is 0.302 e. The van der Waals surface area contributed by atoms with Crippen LogP contribution in [0.5, 0.6) is 0 Å². The minimum absolute atomic E-state index is 0.0795. The molecule has 4 rings (SSSR count). The van der Waals surface area contributed by atoms with Crippen molar-refractivity contribution in [3.05, 3.63) is 57.9 Å². The standard InChI is InChI=1S/C23H24ClN3OS2/c1-4-26(5-2)12-13-27(23-25-17-11-10-15(3)14-19(17)30-23)22(28)21-20(24)16-8-6-7-9-18(16)29-21/h6-11,14H,4-5,12-13H2,1-3H3. The van der Waals surface area contributed by atoms with Gasteiger partial charge in [0, 0.05) is 23.2 Å². The number of carbonyl (C=O) groups excluding carboxylic acids is 1. The number of hydrogen-bond donors (Lipinski definition) is 0. The van der Waals surface area contributed by atoms with Crippen LogP contribution < -0.4 is 4.90 Å². The van der Waals surface area contributed by atoms with Gasteiger partial charge in [0.1, 0.15) is 4.88 Å². The number of likely N-dealkylation sites (N-methyl/N-ethyl adjacent to an activating group) is 1. The molecule has 0 bridgehead atoms. The lowest BCUT2D eigenvalue weighted by atomic mass is 10.2. The molecule has 30 heavy (non-hydrogen) atoms. The van der Waals surface area contributed by atoms with Crippen molar-refractivity contribution in [1.29, 1.82) is 0 Å². The summed E-state index contributed by atoms with van der Waals surface area (Å²) in [7, 11) is 0. The quantitative estimate of drug-likeness (QED) is 0.319. The summed E-state index contributed by atoms with van der Waals surface area (Å²) in [6.07, 6.45) is 0. The Morgan fingerprint density at radius 1 is 1.03 bits per heavy atom. The normalized spacial score (nSPS) is 11.6. The van der Waals surface area contributed by atoms with Gasteiger partial charge in [-0.3, -0.25) is 9.69 Å². The third kappa shape index (κ3) is 4.10. The van der Waals surface area contributed by atoms with Gasteiger partial charge in [0.2, 0.25) is 0 Å². The van der Waals surface area contributed by atoms with Crippen LogP contribution >= 0.6 is 34.3 Å². The molecule has 0 spiro atoms. The Morgan fingerprint density at radius 2 is 1.80 bits per heavy atom.